The van der Waals surface area contributed by atoms with E-state index >= 15 is 0 Å². The van der Waals surface area contributed by atoms with Crippen molar-refractivity contribution in [2.75, 3.05) is 19.8 Å². The lowest BCUT2D eigenvalue weighted by Crippen LogP contribution is -2.08. The van der Waals surface area contributed by atoms with Crippen molar-refractivity contribution in [1.82, 2.24) is 19.7 Å². The van der Waals surface area contributed by atoms with Crippen molar-refractivity contribution in [3.05, 3.63) is 29.0 Å². The normalized spacial score (nSPS) is 11.5. The molecule has 0 spiro atoms. The highest BCUT2D eigenvalue weighted by molar-refractivity contribution is 7.71. The molecule has 3 aromatic rings. The molecule has 0 radical (unpaired) electrons. The topological polar surface area (TPSA) is 76.0 Å². The van der Waals surface area contributed by atoms with Crippen LogP contribution in [0.2, 0.25) is 0 Å². The van der Waals surface area contributed by atoms with E-state index in [1.54, 1.807) is 0 Å². The van der Waals surface area contributed by atoms with Crippen molar-refractivity contribution in [1.29, 1.82) is 0 Å². The van der Waals surface area contributed by atoms with Gasteiger partial charge in [-0.3, -0.25) is 5.10 Å². The molecule has 22 heavy (non-hydrogen) atoms. The largest absolute Gasteiger partial charge is 0.396 e. The lowest BCUT2D eigenvalue weighted by molar-refractivity contribution is 0.119. The number of rotatable bonds is 7. The molecular weight excluding hydrogens is 300 g/mol. The fraction of sp³-hybridized carbons (Fsp3) is 0.400. The van der Waals surface area contributed by atoms with Crippen LogP contribution in [0, 0.1) is 4.77 Å². The first kappa shape index (κ1) is 15.1. The molecule has 1 aromatic carbocycles. The average Bonchev–Trinajstić information content (AvgIpc) is 2.84. The summed E-state index contributed by atoms with van der Waals surface area (Å²) < 4.78 is 8.09. The predicted molar refractivity (Wildman–Crippen MR) is 87.4 cm³/mol. The number of aromatic nitrogens is 4. The predicted octanol–water partition coefficient (Wildman–Crippen LogP) is 2.43. The van der Waals surface area contributed by atoms with Crippen LogP contribution >= 0.6 is 12.2 Å². The smallest absolute Gasteiger partial charge is 0.215 e. The first-order valence-electron chi connectivity index (χ1n) is 7.33. The number of aliphatic hydroxyl groups excluding tert-OH is 1. The van der Waals surface area contributed by atoms with Gasteiger partial charge < -0.3 is 14.4 Å². The molecular formula is C15H18N4O2S. The molecule has 2 heterocycles. The van der Waals surface area contributed by atoms with Crippen molar-refractivity contribution in [3.8, 4) is 0 Å². The number of nitrogens with one attached hydrogen (secondary N) is 1. The molecule has 0 amide bonds. The number of para-hydroxylation sites is 1. The summed E-state index contributed by atoms with van der Waals surface area (Å²) in [7, 11) is 0. The zero-order valence-electron chi connectivity index (χ0n) is 12.2. The molecule has 3 rings (SSSR count). The summed E-state index contributed by atoms with van der Waals surface area (Å²) in [6.07, 6.45) is 1.64. The molecule has 0 aliphatic heterocycles. The molecule has 2 N–H and O–H groups in total. The van der Waals surface area contributed by atoms with Gasteiger partial charge in [0.25, 0.3) is 0 Å². The van der Waals surface area contributed by atoms with Crippen LogP contribution in [-0.4, -0.2) is 44.7 Å². The van der Waals surface area contributed by atoms with E-state index in [1.807, 2.05) is 24.3 Å². The number of nitrogens with zero attached hydrogens (tertiary/aromatic N) is 3. The minimum atomic E-state index is 0.212. The molecule has 2 aromatic heterocycles. The summed E-state index contributed by atoms with van der Waals surface area (Å²) in [4.78, 5) is 4.41. The standard InChI is InChI=1S/C15H18N4O2S/c20-8-3-4-9-21-10-7-19-12-6-2-1-5-11(12)13-14(19)16-15(22)18-17-13/h1-2,5-6,20H,3-4,7-10H2,(H,16,18,22). The Kier molecular flexibility index (Phi) is 4.77. The second-order valence-electron chi connectivity index (χ2n) is 5.02. The molecule has 116 valence electrons. The zero-order valence-corrected chi connectivity index (χ0v) is 13.0. The van der Waals surface area contributed by atoms with E-state index in [1.165, 1.54) is 0 Å². The Morgan fingerprint density at radius 2 is 2.09 bits per heavy atom. The monoisotopic (exact) mass is 318 g/mol. The molecule has 0 atom stereocenters. The number of hydrogen-bond acceptors (Lipinski definition) is 5. The highest BCUT2D eigenvalue weighted by Gasteiger charge is 2.12. The summed E-state index contributed by atoms with van der Waals surface area (Å²) in [5.74, 6) is 0. The summed E-state index contributed by atoms with van der Waals surface area (Å²) in [5.41, 5.74) is 2.68. The van der Waals surface area contributed by atoms with Gasteiger partial charge >= 0.3 is 0 Å². The van der Waals surface area contributed by atoms with Gasteiger partial charge in [0.15, 0.2) is 5.65 Å². The fourth-order valence-corrected chi connectivity index (χ4v) is 2.65. The Morgan fingerprint density at radius 3 is 2.95 bits per heavy atom. The summed E-state index contributed by atoms with van der Waals surface area (Å²) in [6, 6.07) is 8.06. The number of fused-ring (bicyclic) bond motifs is 3. The Bertz CT molecular complexity index is 827. The van der Waals surface area contributed by atoms with Crippen molar-refractivity contribution >= 4 is 34.3 Å². The lowest BCUT2D eigenvalue weighted by Gasteiger charge is -2.07. The number of hydrogen-bond donors (Lipinski definition) is 2. The van der Waals surface area contributed by atoms with E-state index in [2.05, 4.69) is 19.7 Å². The van der Waals surface area contributed by atoms with Gasteiger partial charge in [-0.2, -0.15) is 10.1 Å². The number of ether oxygens (including phenoxy) is 1. The first-order valence-corrected chi connectivity index (χ1v) is 7.74. The second-order valence-corrected chi connectivity index (χ2v) is 5.41. The van der Waals surface area contributed by atoms with E-state index in [0.717, 1.165) is 34.9 Å². The van der Waals surface area contributed by atoms with Gasteiger partial charge in [-0.05, 0) is 31.1 Å². The van der Waals surface area contributed by atoms with Crippen molar-refractivity contribution in [2.24, 2.45) is 0 Å². The number of H-pyrrole nitrogens is 1. The Labute approximate surface area is 132 Å². The van der Waals surface area contributed by atoms with E-state index in [0.29, 0.717) is 24.5 Å². The minimum Gasteiger partial charge on any atom is -0.396 e. The highest BCUT2D eigenvalue weighted by atomic mass is 32.1. The van der Waals surface area contributed by atoms with Crippen LogP contribution in [0.15, 0.2) is 24.3 Å². The van der Waals surface area contributed by atoms with E-state index in [9.17, 15) is 0 Å². The second kappa shape index (κ2) is 6.95. The molecule has 0 saturated heterocycles. The quantitative estimate of drug-likeness (QED) is 0.517. The van der Waals surface area contributed by atoms with Crippen LogP contribution in [0.3, 0.4) is 0 Å². The Hall–Kier alpha value is -1.83. The molecule has 7 heteroatoms. The number of benzene rings is 1. The maximum Gasteiger partial charge on any atom is 0.215 e. The molecule has 0 aliphatic carbocycles. The van der Waals surface area contributed by atoms with E-state index < -0.39 is 0 Å². The molecule has 0 fully saturated rings. The average molecular weight is 318 g/mol. The van der Waals surface area contributed by atoms with Gasteiger partial charge in [-0.1, -0.05) is 18.2 Å². The van der Waals surface area contributed by atoms with Crippen LogP contribution in [-0.2, 0) is 11.3 Å². The maximum atomic E-state index is 8.75. The zero-order chi connectivity index (χ0) is 15.4. The molecule has 0 aliphatic rings. The van der Waals surface area contributed by atoms with Crippen LogP contribution in [0.5, 0.6) is 0 Å². The summed E-state index contributed by atoms with van der Waals surface area (Å²) in [6.45, 7) is 2.15. The van der Waals surface area contributed by atoms with Gasteiger partial charge in [-0.25, -0.2) is 0 Å². The van der Waals surface area contributed by atoms with Gasteiger partial charge in [0.1, 0.15) is 5.52 Å². The molecule has 0 unspecified atom stereocenters. The van der Waals surface area contributed by atoms with Gasteiger partial charge in [0.2, 0.25) is 4.77 Å². The van der Waals surface area contributed by atoms with Gasteiger partial charge in [0, 0.05) is 25.1 Å². The van der Waals surface area contributed by atoms with Crippen LogP contribution in [0.25, 0.3) is 22.1 Å². The number of unbranched alkanes of at least 4 members (excludes halogenated alkanes) is 1. The fourth-order valence-electron chi connectivity index (χ4n) is 2.52. The van der Waals surface area contributed by atoms with Gasteiger partial charge in [0.05, 0.1) is 12.1 Å². The SMILES string of the molecule is OCCCCOCCn1c2ccccc2c2n[nH]c(=S)nc21. The van der Waals surface area contributed by atoms with Crippen molar-refractivity contribution in [2.45, 2.75) is 19.4 Å². The molecule has 0 bridgehead atoms. The third-order valence-electron chi connectivity index (χ3n) is 3.54. The number of aromatic amines is 1. The Morgan fingerprint density at radius 1 is 1.23 bits per heavy atom. The van der Waals surface area contributed by atoms with Crippen LogP contribution in [0.1, 0.15) is 12.8 Å². The third kappa shape index (κ3) is 3.01. The van der Waals surface area contributed by atoms with Crippen LogP contribution < -0.4 is 0 Å². The summed E-state index contributed by atoms with van der Waals surface area (Å²) in [5, 5.41) is 16.9. The minimum absolute atomic E-state index is 0.212. The van der Waals surface area contributed by atoms with Crippen molar-refractivity contribution in [3.63, 3.8) is 0 Å². The highest BCUT2D eigenvalue weighted by Crippen LogP contribution is 2.25. The van der Waals surface area contributed by atoms with Gasteiger partial charge in [-0.15, -0.1) is 0 Å². The molecule has 6 nitrogen and oxygen atoms in total. The first-order chi connectivity index (χ1) is 10.8. The molecule has 0 saturated carbocycles. The van der Waals surface area contributed by atoms with Crippen LogP contribution in [0.4, 0.5) is 0 Å². The third-order valence-corrected chi connectivity index (χ3v) is 3.73. The van der Waals surface area contributed by atoms with E-state index in [4.69, 9.17) is 22.1 Å². The number of aliphatic hydroxyl groups is 1. The lowest BCUT2D eigenvalue weighted by atomic mass is 10.2. The Balaban J connectivity index is 1.86. The van der Waals surface area contributed by atoms with Crippen molar-refractivity contribution < 1.29 is 9.84 Å². The summed E-state index contributed by atoms with van der Waals surface area (Å²) >= 11 is 5.09. The maximum absolute atomic E-state index is 8.75. The van der Waals surface area contributed by atoms with E-state index in [-0.39, 0.29) is 6.61 Å².